The van der Waals surface area contributed by atoms with Gasteiger partial charge in [-0.3, -0.25) is 9.03 Å². The molecule has 0 aromatic heterocycles. The van der Waals surface area contributed by atoms with Crippen LogP contribution in [0.15, 0.2) is 48.5 Å². The molecule has 8 heteroatoms. The molecule has 0 radical (unpaired) electrons. The third kappa shape index (κ3) is 5.05. The fourth-order valence-corrected chi connectivity index (χ4v) is 6.12. The van der Waals surface area contributed by atoms with Gasteiger partial charge in [-0.1, -0.05) is 37.3 Å². The fourth-order valence-electron chi connectivity index (χ4n) is 3.41. The molecule has 0 fully saturated rings. The standard InChI is InChI=1S/C20H26N2O4S2/c1-2-14-28(25,26)22-13-6-9-18-16-19(10-11-20(18)22)21-27(23,24)15-12-17-7-4-3-5-8-17/h3-5,7-8,10-11,16,21H,2,6,9,12-15H2,1H3. The first kappa shape index (κ1) is 20.7. The molecular formula is C20H26N2O4S2. The van der Waals surface area contributed by atoms with Crippen molar-refractivity contribution in [3.05, 3.63) is 59.7 Å². The van der Waals surface area contributed by atoms with Gasteiger partial charge in [0.15, 0.2) is 0 Å². The van der Waals surface area contributed by atoms with E-state index in [4.69, 9.17) is 0 Å². The van der Waals surface area contributed by atoms with Gasteiger partial charge in [-0.15, -0.1) is 0 Å². The molecule has 152 valence electrons. The molecule has 0 spiro atoms. The van der Waals surface area contributed by atoms with Gasteiger partial charge in [0.2, 0.25) is 20.0 Å². The van der Waals surface area contributed by atoms with E-state index < -0.39 is 20.0 Å². The summed E-state index contributed by atoms with van der Waals surface area (Å²) in [7, 11) is -6.83. The maximum absolute atomic E-state index is 12.5. The SMILES string of the molecule is CCCS(=O)(=O)N1CCCc2cc(NS(=O)(=O)CCc3ccccc3)ccc21. The van der Waals surface area contributed by atoms with Crippen LogP contribution in [0.25, 0.3) is 0 Å². The number of fused-ring (bicyclic) bond motifs is 1. The van der Waals surface area contributed by atoms with E-state index in [9.17, 15) is 16.8 Å². The molecule has 6 nitrogen and oxygen atoms in total. The Labute approximate surface area is 167 Å². The van der Waals surface area contributed by atoms with Gasteiger partial charge >= 0.3 is 0 Å². The summed E-state index contributed by atoms with van der Waals surface area (Å²) in [5.41, 5.74) is 2.96. The number of aryl methyl sites for hydroxylation is 2. The van der Waals surface area contributed by atoms with Crippen molar-refractivity contribution >= 4 is 31.4 Å². The number of nitrogens with zero attached hydrogens (tertiary/aromatic N) is 1. The first-order valence-electron chi connectivity index (χ1n) is 9.48. The number of hydrogen-bond donors (Lipinski definition) is 1. The largest absolute Gasteiger partial charge is 0.284 e. The normalized spacial score (nSPS) is 14.5. The fraction of sp³-hybridized carbons (Fsp3) is 0.400. The van der Waals surface area contributed by atoms with Crippen molar-refractivity contribution < 1.29 is 16.8 Å². The lowest BCUT2D eigenvalue weighted by Gasteiger charge is -2.30. The zero-order chi connectivity index (χ0) is 20.2. The Morgan fingerprint density at radius 2 is 1.75 bits per heavy atom. The summed E-state index contributed by atoms with van der Waals surface area (Å²) in [6.07, 6.45) is 2.45. The summed E-state index contributed by atoms with van der Waals surface area (Å²) in [5, 5.41) is 0. The quantitative estimate of drug-likeness (QED) is 0.708. The Hall–Kier alpha value is -2.06. The zero-order valence-corrected chi connectivity index (χ0v) is 17.6. The van der Waals surface area contributed by atoms with Crippen molar-refractivity contribution in [1.82, 2.24) is 0 Å². The number of rotatable bonds is 8. The highest BCUT2D eigenvalue weighted by atomic mass is 32.2. The molecule has 0 saturated carbocycles. The lowest BCUT2D eigenvalue weighted by molar-refractivity contribution is 0.585. The third-order valence-corrected chi connectivity index (χ3v) is 7.99. The van der Waals surface area contributed by atoms with Gasteiger partial charge in [0.05, 0.1) is 17.2 Å². The maximum atomic E-state index is 12.5. The van der Waals surface area contributed by atoms with Crippen LogP contribution in [0.2, 0.25) is 0 Å². The van der Waals surface area contributed by atoms with Gasteiger partial charge in [-0.25, -0.2) is 16.8 Å². The van der Waals surface area contributed by atoms with Crippen molar-refractivity contribution in [3.63, 3.8) is 0 Å². The highest BCUT2D eigenvalue weighted by Gasteiger charge is 2.27. The van der Waals surface area contributed by atoms with E-state index in [0.717, 1.165) is 24.0 Å². The van der Waals surface area contributed by atoms with Crippen LogP contribution >= 0.6 is 0 Å². The summed E-state index contributed by atoms with van der Waals surface area (Å²) in [6, 6.07) is 14.6. The monoisotopic (exact) mass is 422 g/mol. The Morgan fingerprint density at radius 3 is 2.46 bits per heavy atom. The minimum absolute atomic E-state index is 0.00883. The molecule has 0 unspecified atom stereocenters. The van der Waals surface area contributed by atoms with E-state index in [-0.39, 0.29) is 11.5 Å². The summed E-state index contributed by atoms with van der Waals surface area (Å²) >= 11 is 0. The number of hydrogen-bond acceptors (Lipinski definition) is 4. The molecule has 0 bridgehead atoms. The summed E-state index contributed by atoms with van der Waals surface area (Å²) in [5.74, 6) is 0.103. The van der Waals surface area contributed by atoms with Gasteiger partial charge in [0, 0.05) is 12.2 Å². The smallest absolute Gasteiger partial charge is 0.235 e. The Kier molecular flexibility index (Phi) is 6.30. The summed E-state index contributed by atoms with van der Waals surface area (Å²) in [4.78, 5) is 0. The average Bonchev–Trinajstić information content (AvgIpc) is 2.66. The van der Waals surface area contributed by atoms with Crippen molar-refractivity contribution in [2.45, 2.75) is 32.6 Å². The number of sulfonamides is 2. The highest BCUT2D eigenvalue weighted by molar-refractivity contribution is 7.93. The molecule has 0 amide bonds. The van der Waals surface area contributed by atoms with Crippen molar-refractivity contribution in [3.8, 4) is 0 Å². The maximum Gasteiger partial charge on any atom is 0.235 e. The van der Waals surface area contributed by atoms with Crippen molar-refractivity contribution in [2.75, 3.05) is 27.1 Å². The van der Waals surface area contributed by atoms with Gasteiger partial charge in [0.25, 0.3) is 0 Å². The lowest BCUT2D eigenvalue weighted by Crippen LogP contribution is -2.37. The Bertz CT molecular complexity index is 1020. The van der Waals surface area contributed by atoms with Crippen LogP contribution in [-0.2, 0) is 32.9 Å². The van der Waals surface area contributed by atoms with E-state index in [0.29, 0.717) is 30.8 Å². The average molecular weight is 423 g/mol. The topological polar surface area (TPSA) is 83.6 Å². The molecule has 1 aliphatic rings. The van der Waals surface area contributed by atoms with Crippen LogP contribution < -0.4 is 9.03 Å². The molecule has 0 saturated heterocycles. The summed E-state index contributed by atoms with van der Waals surface area (Å²) in [6.45, 7) is 2.31. The molecule has 0 aliphatic carbocycles. The Morgan fingerprint density at radius 1 is 1.00 bits per heavy atom. The first-order valence-corrected chi connectivity index (χ1v) is 12.7. The molecule has 1 heterocycles. The van der Waals surface area contributed by atoms with Gasteiger partial charge in [-0.05, 0) is 55.0 Å². The minimum Gasteiger partial charge on any atom is -0.284 e. The number of anilines is 2. The second kappa shape index (κ2) is 8.53. The molecule has 2 aromatic rings. The molecule has 0 atom stereocenters. The third-order valence-electron chi connectivity index (χ3n) is 4.73. The molecule has 1 aliphatic heterocycles. The summed E-state index contributed by atoms with van der Waals surface area (Å²) < 4.78 is 53.9. The van der Waals surface area contributed by atoms with Crippen LogP contribution in [0.5, 0.6) is 0 Å². The van der Waals surface area contributed by atoms with Gasteiger partial charge in [0.1, 0.15) is 0 Å². The molecule has 2 aromatic carbocycles. The molecule has 3 rings (SSSR count). The predicted octanol–water partition coefficient (Wildman–Crippen LogP) is 3.16. The number of nitrogens with one attached hydrogen (secondary N) is 1. The van der Waals surface area contributed by atoms with Crippen LogP contribution in [0, 0.1) is 0 Å². The van der Waals surface area contributed by atoms with Gasteiger partial charge in [-0.2, -0.15) is 0 Å². The van der Waals surface area contributed by atoms with Crippen LogP contribution in [0.1, 0.15) is 30.9 Å². The molecule has 1 N–H and O–H groups in total. The first-order chi connectivity index (χ1) is 13.3. The van der Waals surface area contributed by atoms with Crippen LogP contribution in [-0.4, -0.2) is 34.9 Å². The zero-order valence-electron chi connectivity index (χ0n) is 16.0. The van der Waals surface area contributed by atoms with Crippen LogP contribution in [0.3, 0.4) is 0 Å². The predicted molar refractivity (Wildman–Crippen MR) is 114 cm³/mol. The second-order valence-electron chi connectivity index (χ2n) is 6.99. The van der Waals surface area contributed by atoms with E-state index >= 15 is 0 Å². The van der Waals surface area contributed by atoms with E-state index in [1.807, 2.05) is 37.3 Å². The van der Waals surface area contributed by atoms with Crippen LogP contribution in [0.4, 0.5) is 11.4 Å². The Balaban J connectivity index is 1.74. The minimum atomic E-state index is -3.49. The highest BCUT2D eigenvalue weighted by Crippen LogP contribution is 2.32. The van der Waals surface area contributed by atoms with E-state index in [2.05, 4.69) is 4.72 Å². The van der Waals surface area contributed by atoms with Crippen molar-refractivity contribution in [1.29, 1.82) is 0 Å². The molecular weight excluding hydrogens is 396 g/mol. The van der Waals surface area contributed by atoms with Gasteiger partial charge < -0.3 is 0 Å². The number of benzene rings is 2. The lowest BCUT2D eigenvalue weighted by atomic mass is 10.0. The van der Waals surface area contributed by atoms with E-state index in [1.165, 1.54) is 4.31 Å². The van der Waals surface area contributed by atoms with Crippen molar-refractivity contribution in [2.24, 2.45) is 0 Å². The van der Waals surface area contributed by atoms with E-state index in [1.54, 1.807) is 18.2 Å². The second-order valence-corrected chi connectivity index (χ2v) is 10.8. The molecule has 28 heavy (non-hydrogen) atoms.